The van der Waals surface area contributed by atoms with Gasteiger partial charge in [0.25, 0.3) is 0 Å². The molecule has 0 atom stereocenters. The van der Waals surface area contributed by atoms with Crippen molar-refractivity contribution in [2.45, 2.75) is 20.8 Å². The predicted molar refractivity (Wildman–Crippen MR) is 73.5 cm³/mol. The van der Waals surface area contributed by atoms with Gasteiger partial charge in [-0.3, -0.25) is 9.59 Å². The SMILES string of the molecule is CC(=O)OCCN(C(C)=O)c1ccc(Br)c(C)c1. The van der Waals surface area contributed by atoms with Crippen molar-refractivity contribution >= 4 is 33.5 Å². The van der Waals surface area contributed by atoms with Gasteiger partial charge >= 0.3 is 5.97 Å². The summed E-state index contributed by atoms with van der Waals surface area (Å²) >= 11 is 3.41. The van der Waals surface area contributed by atoms with Crippen molar-refractivity contribution in [2.24, 2.45) is 0 Å². The summed E-state index contributed by atoms with van der Waals surface area (Å²) in [6.07, 6.45) is 0. The average molecular weight is 314 g/mol. The molecule has 0 aliphatic carbocycles. The first-order chi connectivity index (χ1) is 8.41. The van der Waals surface area contributed by atoms with Gasteiger partial charge in [0.15, 0.2) is 0 Å². The summed E-state index contributed by atoms with van der Waals surface area (Å²) in [5.41, 5.74) is 1.85. The molecule has 0 radical (unpaired) electrons. The van der Waals surface area contributed by atoms with Gasteiger partial charge in [-0.25, -0.2) is 0 Å². The maximum atomic E-state index is 11.6. The molecule has 4 nitrogen and oxygen atoms in total. The number of ether oxygens (including phenoxy) is 1. The van der Waals surface area contributed by atoms with Crippen LogP contribution in [0.15, 0.2) is 22.7 Å². The Balaban J connectivity index is 2.80. The van der Waals surface area contributed by atoms with E-state index < -0.39 is 0 Å². The lowest BCUT2D eigenvalue weighted by Gasteiger charge is -2.21. The van der Waals surface area contributed by atoms with Crippen LogP contribution in [0, 0.1) is 6.92 Å². The van der Waals surface area contributed by atoms with E-state index in [1.165, 1.54) is 13.8 Å². The van der Waals surface area contributed by atoms with Gasteiger partial charge in [0, 0.05) is 24.0 Å². The molecule has 0 aliphatic rings. The zero-order chi connectivity index (χ0) is 13.7. The van der Waals surface area contributed by atoms with E-state index in [4.69, 9.17) is 4.74 Å². The van der Waals surface area contributed by atoms with Crippen molar-refractivity contribution in [1.82, 2.24) is 0 Å². The highest BCUT2D eigenvalue weighted by atomic mass is 79.9. The second kappa shape index (κ2) is 6.54. The minimum Gasteiger partial charge on any atom is -0.464 e. The van der Waals surface area contributed by atoms with Crippen LogP contribution >= 0.6 is 15.9 Å². The highest BCUT2D eigenvalue weighted by Gasteiger charge is 2.12. The third-order valence-corrected chi connectivity index (χ3v) is 3.34. The molecule has 5 heteroatoms. The fourth-order valence-electron chi connectivity index (χ4n) is 1.55. The van der Waals surface area contributed by atoms with Crippen molar-refractivity contribution in [3.8, 4) is 0 Å². The van der Waals surface area contributed by atoms with Crippen LogP contribution in [-0.4, -0.2) is 25.0 Å². The Morgan fingerprint density at radius 2 is 2.00 bits per heavy atom. The van der Waals surface area contributed by atoms with E-state index in [2.05, 4.69) is 15.9 Å². The summed E-state index contributed by atoms with van der Waals surface area (Å²) < 4.78 is 5.85. The van der Waals surface area contributed by atoms with Gasteiger partial charge < -0.3 is 9.64 Å². The fourth-order valence-corrected chi connectivity index (χ4v) is 1.79. The molecular weight excluding hydrogens is 298 g/mol. The van der Waals surface area contributed by atoms with Crippen LogP contribution in [0.25, 0.3) is 0 Å². The number of hydrogen-bond acceptors (Lipinski definition) is 3. The van der Waals surface area contributed by atoms with Gasteiger partial charge in [0.05, 0.1) is 6.54 Å². The number of benzene rings is 1. The van der Waals surface area contributed by atoms with E-state index in [1.54, 1.807) is 4.90 Å². The molecule has 1 amide bonds. The average Bonchev–Trinajstić information content (AvgIpc) is 2.27. The van der Waals surface area contributed by atoms with Crippen LogP contribution in [0.2, 0.25) is 0 Å². The largest absolute Gasteiger partial charge is 0.464 e. The normalized spacial score (nSPS) is 10.0. The van der Waals surface area contributed by atoms with Gasteiger partial charge in [-0.2, -0.15) is 0 Å². The molecule has 0 unspecified atom stereocenters. The number of carbonyl (C=O) groups excluding carboxylic acids is 2. The molecule has 0 fully saturated rings. The molecule has 0 N–H and O–H groups in total. The van der Waals surface area contributed by atoms with E-state index >= 15 is 0 Å². The van der Waals surface area contributed by atoms with Gasteiger partial charge in [0.1, 0.15) is 6.61 Å². The molecule has 0 aliphatic heterocycles. The highest BCUT2D eigenvalue weighted by Crippen LogP contribution is 2.23. The second-order valence-electron chi connectivity index (χ2n) is 3.94. The predicted octanol–water partition coefficient (Wildman–Crippen LogP) is 2.67. The number of nitrogens with zero attached hydrogens (tertiary/aromatic N) is 1. The van der Waals surface area contributed by atoms with Crippen LogP contribution in [0.5, 0.6) is 0 Å². The Morgan fingerprint density at radius 1 is 1.33 bits per heavy atom. The smallest absolute Gasteiger partial charge is 0.302 e. The van der Waals surface area contributed by atoms with Crippen molar-refractivity contribution in [1.29, 1.82) is 0 Å². The van der Waals surface area contributed by atoms with Crippen molar-refractivity contribution in [2.75, 3.05) is 18.1 Å². The molecule has 0 bridgehead atoms. The number of aryl methyl sites for hydroxylation is 1. The molecule has 1 rings (SSSR count). The first-order valence-corrected chi connectivity index (χ1v) is 6.38. The van der Waals surface area contributed by atoms with Crippen LogP contribution in [0.1, 0.15) is 19.4 Å². The number of carbonyl (C=O) groups is 2. The molecular formula is C13H16BrNO3. The minimum absolute atomic E-state index is 0.0797. The van der Waals surface area contributed by atoms with E-state index in [0.717, 1.165) is 15.7 Å². The van der Waals surface area contributed by atoms with E-state index in [0.29, 0.717) is 6.54 Å². The van der Waals surface area contributed by atoms with Gasteiger partial charge in [-0.05, 0) is 30.7 Å². The first kappa shape index (κ1) is 14.7. The topological polar surface area (TPSA) is 46.6 Å². The number of esters is 1. The summed E-state index contributed by atoms with van der Waals surface area (Å²) in [5.74, 6) is -0.422. The summed E-state index contributed by atoms with van der Waals surface area (Å²) in [6, 6.07) is 5.66. The van der Waals surface area contributed by atoms with Crippen LogP contribution in [0.3, 0.4) is 0 Å². The van der Waals surface area contributed by atoms with Gasteiger partial charge in [-0.1, -0.05) is 15.9 Å². The number of halogens is 1. The third-order valence-electron chi connectivity index (χ3n) is 2.45. The van der Waals surface area contributed by atoms with E-state index in [1.807, 2.05) is 25.1 Å². The molecule has 0 aromatic heterocycles. The van der Waals surface area contributed by atoms with Crippen molar-refractivity contribution in [3.05, 3.63) is 28.2 Å². The van der Waals surface area contributed by atoms with Crippen molar-refractivity contribution < 1.29 is 14.3 Å². The Labute approximate surface area is 115 Å². The second-order valence-corrected chi connectivity index (χ2v) is 4.80. The number of hydrogen-bond donors (Lipinski definition) is 0. The van der Waals surface area contributed by atoms with E-state index in [9.17, 15) is 9.59 Å². The summed E-state index contributed by atoms with van der Waals surface area (Å²) in [7, 11) is 0. The molecule has 1 aromatic carbocycles. The lowest BCUT2D eigenvalue weighted by molar-refractivity contribution is -0.140. The maximum Gasteiger partial charge on any atom is 0.302 e. The van der Waals surface area contributed by atoms with Crippen LogP contribution in [0.4, 0.5) is 5.69 Å². The van der Waals surface area contributed by atoms with Gasteiger partial charge in [-0.15, -0.1) is 0 Å². The fraction of sp³-hybridized carbons (Fsp3) is 0.385. The number of amides is 1. The zero-order valence-corrected chi connectivity index (χ0v) is 12.3. The Morgan fingerprint density at radius 3 is 2.50 bits per heavy atom. The molecule has 0 spiro atoms. The Kier molecular flexibility index (Phi) is 5.34. The molecule has 0 saturated carbocycles. The molecule has 18 heavy (non-hydrogen) atoms. The number of rotatable bonds is 4. The summed E-state index contributed by atoms with van der Waals surface area (Å²) in [4.78, 5) is 23.9. The first-order valence-electron chi connectivity index (χ1n) is 5.59. The van der Waals surface area contributed by atoms with Crippen LogP contribution < -0.4 is 4.90 Å². The zero-order valence-electron chi connectivity index (χ0n) is 10.7. The molecule has 0 saturated heterocycles. The molecule has 0 heterocycles. The minimum atomic E-state index is -0.342. The lowest BCUT2D eigenvalue weighted by Crippen LogP contribution is -2.32. The van der Waals surface area contributed by atoms with Gasteiger partial charge in [0.2, 0.25) is 5.91 Å². The van der Waals surface area contributed by atoms with E-state index in [-0.39, 0.29) is 18.5 Å². The molecule has 98 valence electrons. The standard InChI is InChI=1S/C13H16BrNO3/c1-9-8-12(4-5-13(9)14)15(10(2)16)6-7-18-11(3)17/h4-5,8H,6-7H2,1-3H3. The lowest BCUT2D eigenvalue weighted by atomic mass is 10.2. The maximum absolute atomic E-state index is 11.6. The quantitative estimate of drug-likeness (QED) is 0.803. The Hall–Kier alpha value is -1.36. The molecule has 1 aromatic rings. The number of anilines is 1. The third kappa shape index (κ3) is 4.14. The summed E-state index contributed by atoms with van der Waals surface area (Å²) in [5, 5.41) is 0. The highest BCUT2D eigenvalue weighted by molar-refractivity contribution is 9.10. The Bertz CT molecular complexity index is 460. The van der Waals surface area contributed by atoms with Crippen molar-refractivity contribution in [3.63, 3.8) is 0 Å². The van der Waals surface area contributed by atoms with Crippen LogP contribution in [-0.2, 0) is 14.3 Å². The summed E-state index contributed by atoms with van der Waals surface area (Å²) in [6.45, 7) is 5.35. The monoisotopic (exact) mass is 313 g/mol.